The number of phosphoric acid groups is 2. The zero-order valence-corrected chi connectivity index (χ0v) is 78.7. The number of phosphoric ester groups is 2. The summed E-state index contributed by atoms with van der Waals surface area (Å²) < 4.78 is 61.5. The number of allylic oxidation sites excluding steroid dienone is 26. The van der Waals surface area contributed by atoms with Crippen molar-refractivity contribution in [2.45, 2.75) is 437 Å². The quantitative estimate of drug-likeness (QED) is 0.0146. The summed E-state index contributed by atoms with van der Waals surface area (Å²) in [4.78, 5) is 59.0. The van der Waals surface area contributed by atoms with Crippen LogP contribution >= 0.6 is 15.6 Å². The molecule has 0 aromatic rings. The SMILES string of the molecule is CC/C=C\C/C=C\C/C=C\C/C=C\C/C=C\C/C=C\CCCCCCCCCCCCCCCCCCC(=O)OCC(O)COP(=O)(O)OCC(O)COP(=O)(O)OCC(COC(=O)CCCCCCCCCCCCCCCCCCCCC/C=C\C/C=C\C/C=C\C/C=C\CCCCC)OC(=O)CCCCCCC/C=C\C/C=C\C/C=C\CC. The van der Waals surface area contributed by atoms with Gasteiger partial charge in [-0.05, 0) is 148 Å². The molecule has 0 aromatic carbocycles. The van der Waals surface area contributed by atoms with E-state index in [-0.39, 0.29) is 19.3 Å². The molecular formula is C103H178O16P2. The molecule has 4 N–H and O–H groups in total. The van der Waals surface area contributed by atoms with Crippen molar-refractivity contribution in [1.29, 1.82) is 0 Å². The average molecular weight is 1730 g/mol. The third kappa shape index (κ3) is 95.7. The maximum absolute atomic E-state index is 13.0. The molecule has 0 aliphatic carbocycles. The van der Waals surface area contributed by atoms with E-state index in [9.17, 15) is 43.5 Å². The molecule has 0 rings (SSSR count). The average Bonchev–Trinajstić information content (AvgIpc) is 0.890. The van der Waals surface area contributed by atoms with E-state index in [0.717, 1.165) is 148 Å². The number of ether oxygens (including phenoxy) is 3. The van der Waals surface area contributed by atoms with E-state index in [2.05, 4.69) is 179 Å². The summed E-state index contributed by atoms with van der Waals surface area (Å²) in [6.45, 7) is 2.46. The van der Waals surface area contributed by atoms with Crippen LogP contribution in [0.3, 0.4) is 0 Å². The van der Waals surface area contributed by atoms with Crippen molar-refractivity contribution in [1.82, 2.24) is 0 Å². The second kappa shape index (κ2) is 94.3. The molecule has 0 heterocycles. The predicted octanol–water partition coefficient (Wildman–Crippen LogP) is 30.5. The molecule has 0 radical (unpaired) electrons. The van der Waals surface area contributed by atoms with E-state index in [1.165, 1.54) is 212 Å². The number of aliphatic hydroxyl groups is 2. The van der Waals surface area contributed by atoms with Gasteiger partial charge in [0.05, 0.1) is 26.4 Å². The van der Waals surface area contributed by atoms with E-state index in [4.69, 9.17) is 32.3 Å². The Balaban J connectivity index is 4.40. The van der Waals surface area contributed by atoms with Crippen LogP contribution < -0.4 is 0 Å². The minimum absolute atomic E-state index is 0.0848. The van der Waals surface area contributed by atoms with Gasteiger partial charge in [-0.15, -0.1) is 0 Å². The first-order valence-electron chi connectivity index (χ1n) is 48.8. The van der Waals surface area contributed by atoms with E-state index in [1.807, 2.05) is 0 Å². The summed E-state index contributed by atoms with van der Waals surface area (Å²) in [6, 6.07) is 0. The van der Waals surface area contributed by atoms with Gasteiger partial charge in [0.15, 0.2) is 6.10 Å². The lowest BCUT2D eigenvalue weighted by atomic mass is 10.0. The van der Waals surface area contributed by atoms with Crippen LogP contribution in [0.2, 0.25) is 0 Å². The largest absolute Gasteiger partial charge is 0.472 e. The molecular weight excluding hydrogens is 1560 g/mol. The fourth-order valence-corrected chi connectivity index (χ4v) is 15.0. The molecule has 18 heteroatoms. The molecule has 5 unspecified atom stereocenters. The molecule has 5 atom stereocenters. The number of hydrogen-bond acceptors (Lipinski definition) is 14. The van der Waals surface area contributed by atoms with Crippen LogP contribution in [0.4, 0.5) is 0 Å². The predicted molar refractivity (Wildman–Crippen MR) is 509 cm³/mol. The maximum Gasteiger partial charge on any atom is 0.472 e. The van der Waals surface area contributed by atoms with E-state index >= 15 is 0 Å². The first-order chi connectivity index (χ1) is 59.2. The Kier molecular flexibility index (Phi) is 90.5. The van der Waals surface area contributed by atoms with E-state index in [1.54, 1.807) is 0 Å². The van der Waals surface area contributed by atoms with Crippen LogP contribution in [0, 0.1) is 0 Å². The van der Waals surface area contributed by atoms with Gasteiger partial charge in [-0.3, -0.25) is 32.5 Å². The van der Waals surface area contributed by atoms with Crippen molar-refractivity contribution < 1.29 is 75.8 Å². The Hall–Kier alpha value is -4.83. The van der Waals surface area contributed by atoms with Gasteiger partial charge in [-0.25, -0.2) is 9.13 Å². The van der Waals surface area contributed by atoms with Gasteiger partial charge in [0.1, 0.15) is 25.4 Å². The number of carbonyl (C=O) groups excluding carboxylic acids is 3. The van der Waals surface area contributed by atoms with Crippen molar-refractivity contribution in [3.63, 3.8) is 0 Å². The van der Waals surface area contributed by atoms with Crippen molar-refractivity contribution in [2.24, 2.45) is 0 Å². The zero-order valence-electron chi connectivity index (χ0n) is 76.9. The molecule has 0 aliphatic heterocycles. The molecule has 0 spiro atoms. The number of rotatable bonds is 92. The standard InChI is InChI=1S/C103H178O16P2/c1-4-7-10-13-16-19-22-25-28-30-32-34-36-38-40-42-44-46-48-50-52-54-56-58-60-62-64-66-69-71-74-77-80-83-86-89-101(106)113-92-98(104)93-115-120(109,110)116-94-99(105)95-117-121(111,112)118-97-100(119-103(108)91-88-85-82-79-76-73-68-27-24-21-18-15-12-9-6-3)96-114-102(107)90-87-84-81-78-75-72-70-67-65-63-61-59-57-55-53-51-49-47-45-43-41-39-37-35-33-31-29-26-23-20-17-14-11-8-5-2/h7,9-10,12,16-21,25-29,32-35,38-41,44,46,68,98-100,104-105H,4-6,8,11,13-15,22-24,30-31,36-37,42-43,45,47-67,69-97H2,1-3H3,(H,109,110)(H,111,112)/b10-7-,12-9-,19-16-,20-17-,21-18-,28-25-,29-26-,34-32-,35-33-,40-38-,41-39-,46-44-,68-27-. The number of unbranched alkanes of at least 4 members (excludes halogenated alkanes) is 43. The van der Waals surface area contributed by atoms with Crippen molar-refractivity contribution in [2.75, 3.05) is 39.6 Å². The summed E-state index contributed by atoms with van der Waals surface area (Å²) in [6.07, 6.45) is 122. The molecule has 0 amide bonds. The zero-order chi connectivity index (χ0) is 87.9. The third-order valence-electron chi connectivity index (χ3n) is 20.7. The Labute approximate surface area is 740 Å². The molecule has 0 aliphatic rings. The minimum atomic E-state index is -4.94. The van der Waals surface area contributed by atoms with Crippen molar-refractivity contribution in [3.8, 4) is 0 Å². The number of esters is 3. The smallest absolute Gasteiger partial charge is 0.463 e. The Morgan fingerprint density at radius 3 is 0.694 bits per heavy atom. The molecule has 0 aromatic heterocycles. The number of aliphatic hydroxyl groups excluding tert-OH is 2. The highest BCUT2D eigenvalue weighted by Gasteiger charge is 2.30. The number of carbonyl (C=O) groups is 3. The first-order valence-corrected chi connectivity index (χ1v) is 51.8. The van der Waals surface area contributed by atoms with Gasteiger partial charge >= 0.3 is 33.6 Å². The van der Waals surface area contributed by atoms with Gasteiger partial charge < -0.3 is 34.2 Å². The van der Waals surface area contributed by atoms with Crippen LogP contribution in [-0.2, 0) is 55.8 Å². The van der Waals surface area contributed by atoms with Crippen LogP contribution in [0.25, 0.3) is 0 Å². The summed E-state index contributed by atoms with van der Waals surface area (Å²) in [5.41, 5.74) is 0. The summed E-state index contributed by atoms with van der Waals surface area (Å²) in [5, 5.41) is 20.7. The van der Waals surface area contributed by atoms with Crippen molar-refractivity contribution >= 4 is 33.6 Å². The maximum atomic E-state index is 13.0. The lowest BCUT2D eigenvalue weighted by Gasteiger charge is -2.21. The highest BCUT2D eigenvalue weighted by molar-refractivity contribution is 7.47. The minimum Gasteiger partial charge on any atom is -0.463 e. The van der Waals surface area contributed by atoms with Gasteiger partial charge in [0.2, 0.25) is 0 Å². The third-order valence-corrected chi connectivity index (χ3v) is 22.6. The topological polar surface area (TPSA) is 231 Å². The summed E-state index contributed by atoms with van der Waals surface area (Å²) in [5.74, 6) is -1.58. The second-order valence-corrected chi connectivity index (χ2v) is 35.4. The lowest BCUT2D eigenvalue weighted by Crippen LogP contribution is -2.30. The van der Waals surface area contributed by atoms with Crippen LogP contribution in [0.15, 0.2) is 158 Å². The molecule has 696 valence electrons. The van der Waals surface area contributed by atoms with Gasteiger partial charge in [-0.1, -0.05) is 410 Å². The molecule has 0 saturated heterocycles. The molecule has 121 heavy (non-hydrogen) atoms. The first kappa shape index (κ1) is 116. The summed E-state index contributed by atoms with van der Waals surface area (Å²) >= 11 is 0. The molecule has 0 saturated carbocycles. The normalized spacial score (nSPS) is 14.4. The van der Waals surface area contributed by atoms with Crippen LogP contribution in [0.5, 0.6) is 0 Å². The fraction of sp³-hybridized carbons (Fsp3) is 0.718. The second-order valence-electron chi connectivity index (χ2n) is 32.5. The van der Waals surface area contributed by atoms with Crippen LogP contribution in [0.1, 0.15) is 419 Å². The molecule has 0 bridgehead atoms. The highest BCUT2D eigenvalue weighted by Crippen LogP contribution is 2.45. The molecule has 0 fully saturated rings. The van der Waals surface area contributed by atoms with Gasteiger partial charge in [0, 0.05) is 19.3 Å². The fourth-order valence-electron chi connectivity index (χ4n) is 13.4. The number of hydrogen-bond donors (Lipinski definition) is 4. The monoisotopic (exact) mass is 1730 g/mol. The summed E-state index contributed by atoms with van der Waals surface area (Å²) in [7, 11) is -9.81. The highest BCUT2D eigenvalue weighted by atomic mass is 31.2. The van der Waals surface area contributed by atoms with Gasteiger partial charge in [0.25, 0.3) is 0 Å². The lowest BCUT2D eigenvalue weighted by molar-refractivity contribution is -0.161. The van der Waals surface area contributed by atoms with E-state index < -0.39 is 91.5 Å². The van der Waals surface area contributed by atoms with Gasteiger partial charge in [-0.2, -0.15) is 0 Å². The Bertz CT molecular complexity index is 2830. The van der Waals surface area contributed by atoms with Crippen LogP contribution in [-0.4, -0.2) is 95.9 Å². The Morgan fingerprint density at radius 2 is 0.438 bits per heavy atom. The van der Waals surface area contributed by atoms with Crippen molar-refractivity contribution in [3.05, 3.63) is 158 Å². The van der Waals surface area contributed by atoms with E-state index in [0.29, 0.717) is 19.3 Å². The molecule has 16 nitrogen and oxygen atoms in total. The Morgan fingerprint density at radius 1 is 0.240 bits per heavy atom.